The first kappa shape index (κ1) is 10.6. The zero-order valence-corrected chi connectivity index (χ0v) is 9.61. The zero-order valence-electron chi connectivity index (χ0n) is 8.02. The molecular formula is C8H11BrN4O2. The molecule has 0 atom stereocenters. The first-order valence-corrected chi connectivity index (χ1v) is 5.54. The van der Waals surface area contributed by atoms with E-state index in [4.69, 9.17) is 0 Å². The van der Waals surface area contributed by atoms with Gasteiger partial charge < -0.3 is 15.4 Å². The Bertz CT molecular complexity index is 375. The molecule has 0 spiro atoms. The third-order valence-electron chi connectivity index (χ3n) is 2.50. The summed E-state index contributed by atoms with van der Waals surface area (Å²) < 4.78 is 2.07. The van der Waals surface area contributed by atoms with E-state index in [1.54, 1.807) is 10.9 Å². The first-order valence-electron chi connectivity index (χ1n) is 4.75. The maximum Gasteiger partial charge on any atom is 0.404 e. The van der Waals surface area contributed by atoms with Crippen LogP contribution in [-0.2, 0) is 6.54 Å². The van der Waals surface area contributed by atoms with Crippen LogP contribution in [0.3, 0.4) is 0 Å². The third-order valence-corrected chi connectivity index (χ3v) is 3.06. The fraction of sp³-hybridized carbons (Fsp3) is 0.625. The Hall–Kier alpha value is -0.950. The maximum absolute atomic E-state index is 10.5. The van der Waals surface area contributed by atoms with Crippen LogP contribution in [0.2, 0.25) is 0 Å². The largest absolute Gasteiger partial charge is 0.404 e. The van der Waals surface area contributed by atoms with E-state index >= 15 is 0 Å². The number of halogens is 1. The predicted octanol–water partition coefficient (Wildman–Crippen LogP) is 1.16. The van der Waals surface area contributed by atoms with E-state index in [0.29, 0.717) is 10.4 Å². The summed E-state index contributed by atoms with van der Waals surface area (Å²) in [5.74, 6) is 0.578. The van der Waals surface area contributed by atoms with Gasteiger partial charge in [-0.25, -0.2) is 0 Å². The van der Waals surface area contributed by atoms with E-state index in [0.717, 1.165) is 26.1 Å². The van der Waals surface area contributed by atoms with Crippen LogP contribution in [0.15, 0.2) is 10.7 Å². The number of hydrogen-bond acceptors (Lipinski definition) is 4. The first-order chi connectivity index (χ1) is 7.16. The van der Waals surface area contributed by atoms with Gasteiger partial charge in [-0.2, -0.15) is 4.68 Å². The predicted molar refractivity (Wildman–Crippen MR) is 57.6 cm³/mol. The van der Waals surface area contributed by atoms with Gasteiger partial charge in [0.1, 0.15) is 4.47 Å². The van der Waals surface area contributed by atoms with Crippen molar-refractivity contribution in [2.75, 3.05) is 13.1 Å². The summed E-state index contributed by atoms with van der Waals surface area (Å²) in [6.07, 6.45) is 2.67. The summed E-state index contributed by atoms with van der Waals surface area (Å²) in [6, 6.07) is 0. The highest BCUT2D eigenvalue weighted by Crippen LogP contribution is 2.22. The average molecular weight is 275 g/mol. The Labute approximate surface area is 94.9 Å². The Morgan fingerprint density at radius 2 is 2.47 bits per heavy atom. The monoisotopic (exact) mass is 274 g/mol. The third kappa shape index (κ3) is 2.35. The van der Waals surface area contributed by atoms with Crippen molar-refractivity contribution in [1.82, 2.24) is 15.1 Å². The Morgan fingerprint density at radius 1 is 1.73 bits per heavy atom. The lowest BCUT2D eigenvalue weighted by Crippen LogP contribution is -2.42. The van der Waals surface area contributed by atoms with Gasteiger partial charge in [0.25, 0.3) is 0 Å². The second-order valence-electron chi connectivity index (χ2n) is 3.63. The van der Waals surface area contributed by atoms with Gasteiger partial charge in [0.2, 0.25) is 0 Å². The van der Waals surface area contributed by atoms with Crippen molar-refractivity contribution in [3.8, 4) is 0 Å². The minimum Gasteiger partial charge on any atom is -0.358 e. The maximum atomic E-state index is 10.5. The van der Waals surface area contributed by atoms with Crippen LogP contribution in [0.1, 0.15) is 6.42 Å². The van der Waals surface area contributed by atoms with Crippen molar-refractivity contribution in [1.29, 1.82) is 0 Å². The number of aromatic nitrogens is 2. The van der Waals surface area contributed by atoms with Gasteiger partial charge in [-0.15, -0.1) is 0 Å². The topological polar surface area (TPSA) is 73.0 Å². The number of aryl methyl sites for hydroxylation is 1. The van der Waals surface area contributed by atoms with E-state index < -0.39 is 4.92 Å². The van der Waals surface area contributed by atoms with E-state index in [1.807, 2.05) is 0 Å². The van der Waals surface area contributed by atoms with Crippen LogP contribution in [0.25, 0.3) is 0 Å². The minimum absolute atomic E-state index is 0.110. The smallest absolute Gasteiger partial charge is 0.358 e. The molecular weight excluding hydrogens is 264 g/mol. The van der Waals surface area contributed by atoms with Crippen LogP contribution >= 0.6 is 15.9 Å². The van der Waals surface area contributed by atoms with Crippen LogP contribution in [-0.4, -0.2) is 27.8 Å². The molecule has 15 heavy (non-hydrogen) atoms. The van der Waals surface area contributed by atoms with Crippen LogP contribution in [0.5, 0.6) is 0 Å². The number of hydrogen-bond donors (Lipinski definition) is 1. The fourth-order valence-corrected chi connectivity index (χ4v) is 1.95. The molecule has 0 aliphatic carbocycles. The van der Waals surface area contributed by atoms with Gasteiger partial charge in [-0.05, 0) is 46.3 Å². The van der Waals surface area contributed by atoms with Crippen molar-refractivity contribution in [3.63, 3.8) is 0 Å². The molecule has 0 aromatic carbocycles. The number of nitro groups is 1. The van der Waals surface area contributed by atoms with Gasteiger partial charge in [-0.1, -0.05) is 0 Å². The molecule has 1 fully saturated rings. The molecule has 0 radical (unpaired) electrons. The van der Waals surface area contributed by atoms with Crippen LogP contribution in [0.4, 0.5) is 5.82 Å². The second-order valence-corrected chi connectivity index (χ2v) is 4.49. The molecule has 0 bridgehead atoms. The summed E-state index contributed by atoms with van der Waals surface area (Å²) in [6.45, 7) is 2.83. The molecule has 6 nitrogen and oxygen atoms in total. The van der Waals surface area contributed by atoms with Gasteiger partial charge >= 0.3 is 5.82 Å². The molecule has 0 unspecified atom stereocenters. The molecule has 1 aromatic heterocycles. The lowest BCUT2D eigenvalue weighted by Gasteiger charge is -2.26. The Kier molecular flexibility index (Phi) is 3.01. The SMILES string of the molecule is O=[N+]([O-])c1nn(CCC2CNC2)cc1Br. The molecule has 2 heterocycles. The zero-order chi connectivity index (χ0) is 10.8. The average Bonchev–Trinajstić information content (AvgIpc) is 2.44. The minimum atomic E-state index is -0.481. The number of nitrogens with one attached hydrogen (secondary N) is 1. The van der Waals surface area contributed by atoms with E-state index in [1.165, 1.54) is 0 Å². The van der Waals surface area contributed by atoms with Gasteiger partial charge in [-0.3, -0.25) is 0 Å². The van der Waals surface area contributed by atoms with Gasteiger partial charge in [0.15, 0.2) is 0 Å². The fourth-order valence-electron chi connectivity index (χ4n) is 1.49. The molecule has 1 aromatic rings. The lowest BCUT2D eigenvalue weighted by molar-refractivity contribution is -0.390. The van der Waals surface area contributed by atoms with Crippen molar-refractivity contribution < 1.29 is 4.92 Å². The molecule has 1 aliphatic heterocycles. The van der Waals surface area contributed by atoms with E-state index in [9.17, 15) is 10.1 Å². The van der Waals surface area contributed by atoms with Crippen molar-refractivity contribution in [3.05, 3.63) is 20.8 Å². The molecule has 2 rings (SSSR count). The van der Waals surface area contributed by atoms with E-state index in [-0.39, 0.29) is 5.82 Å². The molecule has 0 saturated carbocycles. The summed E-state index contributed by atoms with van der Waals surface area (Å²) >= 11 is 3.12. The standard InChI is InChI=1S/C8H11BrN4O2/c9-7-5-12(11-8(7)13(14)15)2-1-6-3-10-4-6/h5-6,10H,1-4H2. The molecule has 1 N–H and O–H groups in total. The lowest BCUT2D eigenvalue weighted by atomic mass is 10.00. The van der Waals surface area contributed by atoms with Gasteiger partial charge in [0, 0.05) is 0 Å². The molecule has 7 heteroatoms. The van der Waals surface area contributed by atoms with E-state index in [2.05, 4.69) is 26.3 Å². The van der Waals surface area contributed by atoms with Crippen LogP contribution < -0.4 is 5.32 Å². The number of rotatable bonds is 4. The summed E-state index contributed by atoms with van der Waals surface area (Å²) in [5.41, 5.74) is 0. The Balaban J connectivity index is 1.96. The molecule has 1 aliphatic rings. The van der Waals surface area contributed by atoms with Crippen molar-refractivity contribution in [2.24, 2.45) is 5.92 Å². The summed E-state index contributed by atoms with van der Waals surface area (Å²) in [5, 5.41) is 17.6. The summed E-state index contributed by atoms with van der Waals surface area (Å²) in [7, 11) is 0. The van der Waals surface area contributed by atoms with Crippen LogP contribution in [0, 0.1) is 16.0 Å². The molecule has 0 amide bonds. The van der Waals surface area contributed by atoms with Gasteiger partial charge in [0.05, 0.1) is 17.8 Å². The molecule has 82 valence electrons. The molecule has 1 saturated heterocycles. The second kappa shape index (κ2) is 4.28. The quantitative estimate of drug-likeness (QED) is 0.661. The van der Waals surface area contributed by atoms with Crippen molar-refractivity contribution >= 4 is 21.7 Å². The highest BCUT2D eigenvalue weighted by Gasteiger charge is 2.21. The summed E-state index contributed by atoms with van der Waals surface area (Å²) in [4.78, 5) is 10.0. The van der Waals surface area contributed by atoms with Crippen molar-refractivity contribution in [2.45, 2.75) is 13.0 Å². The normalized spacial score (nSPS) is 16.3. The highest BCUT2D eigenvalue weighted by atomic mass is 79.9. The Morgan fingerprint density at radius 3 is 2.93 bits per heavy atom. The number of nitrogens with zero attached hydrogens (tertiary/aromatic N) is 3. The highest BCUT2D eigenvalue weighted by molar-refractivity contribution is 9.10.